The number of benzene rings is 1. The van der Waals surface area contributed by atoms with Crippen LogP contribution in [0.3, 0.4) is 0 Å². The van der Waals surface area contributed by atoms with Crippen molar-refractivity contribution < 1.29 is 4.79 Å². The number of hydrogen-bond donors (Lipinski definition) is 2. The van der Waals surface area contributed by atoms with Crippen LogP contribution in [0.2, 0.25) is 0 Å². The quantitative estimate of drug-likeness (QED) is 0.877. The van der Waals surface area contributed by atoms with Crippen LogP contribution in [0.15, 0.2) is 24.4 Å². The third-order valence-corrected chi connectivity index (χ3v) is 3.73. The maximum atomic E-state index is 12.5. The predicted molar refractivity (Wildman–Crippen MR) is 75.1 cm³/mol. The van der Waals surface area contributed by atoms with E-state index in [-0.39, 0.29) is 11.8 Å². The Balaban J connectivity index is 1.89. The molecule has 0 radical (unpaired) electrons. The van der Waals surface area contributed by atoms with Crippen LogP contribution in [0, 0.1) is 5.92 Å². The second-order valence-corrected chi connectivity index (χ2v) is 4.91. The second kappa shape index (κ2) is 5.01. The molecule has 1 atom stereocenters. The lowest BCUT2D eigenvalue weighted by Crippen LogP contribution is -2.37. The van der Waals surface area contributed by atoms with E-state index in [0.29, 0.717) is 6.54 Å². The number of fused-ring (bicyclic) bond motifs is 1. The maximum Gasteiger partial charge on any atom is 0.231 e. The van der Waals surface area contributed by atoms with Crippen LogP contribution in [0.1, 0.15) is 13.3 Å². The maximum absolute atomic E-state index is 12.5. The second-order valence-electron chi connectivity index (χ2n) is 4.91. The molecule has 2 N–H and O–H groups in total. The predicted octanol–water partition coefficient (Wildman–Crippen LogP) is 1.53. The van der Waals surface area contributed by atoms with Gasteiger partial charge in [-0.2, -0.15) is 5.10 Å². The van der Waals surface area contributed by atoms with Crippen molar-refractivity contribution in [2.24, 2.45) is 5.92 Å². The highest BCUT2D eigenvalue weighted by Crippen LogP contribution is 2.23. The Kier molecular flexibility index (Phi) is 3.21. The summed E-state index contributed by atoms with van der Waals surface area (Å²) < 4.78 is 0. The minimum atomic E-state index is 0.111. The first-order valence-electron chi connectivity index (χ1n) is 6.75. The summed E-state index contributed by atoms with van der Waals surface area (Å²) >= 11 is 0. The largest absolute Gasteiger partial charge is 0.316 e. The zero-order valence-corrected chi connectivity index (χ0v) is 11.0. The van der Waals surface area contributed by atoms with Gasteiger partial charge in [-0.1, -0.05) is 0 Å². The molecule has 0 aliphatic carbocycles. The Labute approximate surface area is 112 Å². The van der Waals surface area contributed by atoms with Gasteiger partial charge in [0, 0.05) is 24.2 Å². The van der Waals surface area contributed by atoms with Gasteiger partial charge in [-0.05, 0) is 38.1 Å². The van der Waals surface area contributed by atoms with E-state index in [9.17, 15) is 4.79 Å². The fourth-order valence-electron chi connectivity index (χ4n) is 2.65. The van der Waals surface area contributed by atoms with Crippen molar-refractivity contribution in [1.29, 1.82) is 0 Å². The number of anilines is 1. The van der Waals surface area contributed by atoms with Crippen LogP contribution in [-0.4, -0.2) is 35.7 Å². The highest BCUT2D eigenvalue weighted by atomic mass is 16.2. The van der Waals surface area contributed by atoms with Gasteiger partial charge in [0.25, 0.3) is 0 Å². The number of nitrogens with one attached hydrogen (secondary N) is 2. The molecule has 2 aromatic rings. The van der Waals surface area contributed by atoms with Gasteiger partial charge < -0.3 is 10.2 Å². The highest BCUT2D eigenvalue weighted by molar-refractivity contribution is 5.97. The summed E-state index contributed by atoms with van der Waals surface area (Å²) in [6, 6.07) is 5.97. The minimum absolute atomic E-state index is 0.111. The lowest BCUT2D eigenvalue weighted by atomic mass is 10.1. The highest BCUT2D eigenvalue weighted by Gasteiger charge is 2.27. The van der Waals surface area contributed by atoms with Gasteiger partial charge >= 0.3 is 0 Å². The third-order valence-electron chi connectivity index (χ3n) is 3.73. The standard InChI is InChI=1S/C14H18N4O/c1-2-18(14(19)10-5-6-15-8-10)12-3-4-13-11(7-12)9-16-17-13/h3-4,7,9-10,15H,2,5-6,8H2,1H3,(H,16,17). The van der Waals surface area contributed by atoms with Crippen LogP contribution < -0.4 is 10.2 Å². The summed E-state index contributed by atoms with van der Waals surface area (Å²) in [5, 5.41) is 11.2. The summed E-state index contributed by atoms with van der Waals surface area (Å²) in [4.78, 5) is 14.4. The molecular formula is C14H18N4O. The van der Waals surface area contributed by atoms with E-state index in [1.807, 2.05) is 30.0 Å². The summed E-state index contributed by atoms with van der Waals surface area (Å²) in [6.07, 6.45) is 2.72. The van der Waals surface area contributed by atoms with Crippen LogP contribution >= 0.6 is 0 Å². The van der Waals surface area contributed by atoms with Gasteiger partial charge in [0.1, 0.15) is 0 Å². The molecule has 5 heteroatoms. The molecular weight excluding hydrogens is 240 g/mol. The smallest absolute Gasteiger partial charge is 0.231 e. The third kappa shape index (κ3) is 2.21. The Morgan fingerprint density at radius 1 is 1.53 bits per heavy atom. The number of aromatic amines is 1. The first kappa shape index (κ1) is 12.2. The van der Waals surface area contributed by atoms with Crippen molar-refractivity contribution in [3.63, 3.8) is 0 Å². The minimum Gasteiger partial charge on any atom is -0.316 e. The normalized spacial score (nSPS) is 18.9. The van der Waals surface area contributed by atoms with Crippen molar-refractivity contribution in [3.8, 4) is 0 Å². The van der Waals surface area contributed by atoms with Crippen molar-refractivity contribution in [2.75, 3.05) is 24.5 Å². The zero-order valence-electron chi connectivity index (χ0n) is 11.0. The summed E-state index contributed by atoms with van der Waals surface area (Å²) in [7, 11) is 0. The molecule has 2 heterocycles. The van der Waals surface area contributed by atoms with Gasteiger partial charge in [-0.25, -0.2) is 0 Å². The fourth-order valence-corrected chi connectivity index (χ4v) is 2.65. The molecule has 1 saturated heterocycles. The summed E-state index contributed by atoms with van der Waals surface area (Å²) in [5.41, 5.74) is 1.95. The van der Waals surface area contributed by atoms with E-state index in [4.69, 9.17) is 0 Å². The Morgan fingerprint density at radius 2 is 2.42 bits per heavy atom. The molecule has 1 fully saturated rings. The number of H-pyrrole nitrogens is 1. The number of carbonyl (C=O) groups excluding carboxylic acids is 1. The van der Waals surface area contributed by atoms with Gasteiger partial charge in [-0.15, -0.1) is 0 Å². The van der Waals surface area contributed by atoms with Crippen molar-refractivity contribution in [2.45, 2.75) is 13.3 Å². The summed E-state index contributed by atoms with van der Waals surface area (Å²) in [6.45, 7) is 4.44. The topological polar surface area (TPSA) is 61.0 Å². The number of nitrogens with zero attached hydrogens (tertiary/aromatic N) is 2. The van der Waals surface area contributed by atoms with Gasteiger partial charge in [0.2, 0.25) is 5.91 Å². The molecule has 1 aromatic heterocycles. The van der Waals surface area contributed by atoms with E-state index < -0.39 is 0 Å². The number of amides is 1. The molecule has 5 nitrogen and oxygen atoms in total. The number of aromatic nitrogens is 2. The van der Waals surface area contributed by atoms with Gasteiger partial charge in [0.05, 0.1) is 17.6 Å². The summed E-state index contributed by atoms with van der Waals surface area (Å²) in [5.74, 6) is 0.329. The van der Waals surface area contributed by atoms with Crippen LogP contribution in [-0.2, 0) is 4.79 Å². The van der Waals surface area contributed by atoms with Crippen molar-refractivity contribution in [1.82, 2.24) is 15.5 Å². The Hall–Kier alpha value is -1.88. The van der Waals surface area contributed by atoms with Gasteiger partial charge in [0.15, 0.2) is 0 Å². The number of carbonyl (C=O) groups is 1. The Bertz CT molecular complexity index is 586. The molecule has 3 rings (SSSR count). The molecule has 100 valence electrons. The van der Waals surface area contributed by atoms with E-state index in [2.05, 4.69) is 15.5 Å². The molecule has 1 aliphatic heterocycles. The van der Waals surface area contributed by atoms with Crippen molar-refractivity contribution in [3.05, 3.63) is 24.4 Å². The zero-order chi connectivity index (χ0) is 13.2. The lowest BCUT2D eigenvalue weighted by Gasteiger charge is -2.24. The van der Waals surface area contributed by atoms with E-state index in [0.717, 1.165) is 36.1 Å². The van der Waals surface area contributed by atoms with Crippen LogP contribution in [0.4, 0.5) is 5.69 Å². The number of rotatable bonds is 3. The average Bonchev–Trinajstić information content (AvgIpc) is 3.10. The molecule has 0 saturated carbocycles. The Morgan fingerprint density at radius 3 is 3.16 bits per heavy atom. The molecule has 1 unspecified atom stereocenters. The SMILES string of the molecule is CCN(C(=O)C1CCNC1)c1ccc2[nH]ncc2c1. The molecule has 19 heavy (non-hydrogen) atoms. The first-order valence-corrected chi connectivity index (χ1v) is 6.75. The van der Waals surface area contributed by atoms with E-state index in [1.165, 1.54) is 0 Å². The molecule has 1 aliphatic rings. The molecule has 1 aromatic carbocycles. The number of hydrogen-bond acceptors (Lipinski definition) is 3. The van der Waals surface area contributed by atoms with E-state index >= 15 is 0 Å². The lowest BCUT2D eigenvalue weighted by molar-refractivity contribution is -0.121. The van der Waals surface area contributed by atoms with Crippen LogP contribution in [0.5, 0.6) is 0 Å². The molecule has 0 bridgehead atoms. The average molecular weight is 258 g/mol. The van der Waals surface area contributed by atoms with Crippen LogP contribution in [0.25, 0.3) is 10.9 Å². The van der Waals surface area contributed by atoms with E-state index in [1.54, 1.807) is 6.20 Å². The first-order chi connectivity index (χ1) is 9.29. The monoisotopic (exact) mass is 258 g/mol. The fraction of sp³-hybridized carbons (Fsp3) is 0.429. The molecule has 0 spiro atoms. The van der Waals surface area contributed by atoms with Gasteiger partial charge in [-0.3, -0.25) is 9.89 Å². The molecule has 1 amide bonds. The van der Waals surface area contributed by atoms with Crippen molar-refractivity contribution >= 4 is 22.5 Å².